The molecule has 0 radical (unpaired) electrons. The van der Waals surface area contributed by atoms with Gasteiger partial charge in [-0.25, -0.2) is 4.98 Å². The van der Waals surface area contributed by atoms with Gasteiger partial charge in [-0.1, -0.05) is 24.3 Å². The smallest absolute Gasteiger partial charge is 0.193 e. The van der Waals surface area contributed by atoms with Crippen LogP contribution in [-0.4, -0.2) is 48.1 Å². The summed E-state index contributed by atoms with van der Waals surface area (Å²) in [5.41, 5.74) is 3.29. The highest BCUT2D eigenvalue weighted by Gasteiger charge is 2.08. The molecule has 0 aliphatic carbocycles. The van der Waals surface area contributed by atoms with Crippen LogP contribution in [-0.2, 0) is 13.0 Å². The number of nitrogens with one attached hydrogen (secondary N) is 2. The van der Waals surface area contributed by atoms with Crippen LogP contribution in [0.3, 0.4) is 0 Å². The summed E-state index contributed by atoms with van der Waals surface area (Å²) in [6.45, 7) is 4.21. The van der Waals surface area contributed by atoms with Crippen molar-refractivity contribution in [2.24, 2.45) is 4.99 Å². The number of para-hydroxylation sites is 2. The van der Waals surface area contributed by atoms with Crippen molar-refractivity contribution >= 4 is 17.0 Å². The summed E-state index contributed by atoms with van der Waals surface area (Å²) in [5.74, 6) is 2.74. The number of rotatable bonds is 7. The maximum absolute atomic E-state index is 5.49. The number of guanidine groups is 1. The van der Waals surface area contributed by atoms with E-state index in [4.69, 9.17) is 4.74 Å². The molecule has 0 saturated carbocycles. The molecular weight excluding hydrogens is 338 g/mol. The van der Waals surface area contributed by atoms with E-state index in [2.05, 4.69) is 37.3 Å². The molecule has 0 unspecified atom stereocenters. The number of fused-ring (bicyclic) bond motifs is 1. The van der Waals surface area contributed by atoms with E-state index >= 15 is 0 Å². The van der Waals surface area contributed by atoms with Gasteiger partial charge in [-0.2, -0.15) is 0 Å². The van der Waals surface area contributed by atoms with Crippen molar-refractivity contribution in [3.8, 4) is 5.75 Å². The minimum atomic E-state index is 0.682. The molecule has 2 aromatic carbocycles. The van der Waals surface area contributed by atoms with E-state index in [1.807, 2.05) is 50.4 Å². The van der Waals surface area contributed by atoms with Gasteiger partial charge >= 0.3 is 0 Å². The number of hydrogen-bond acceptors (Lipinski definition) is 3. The summed E-state index contributed by atoms with van der Waals surface area (Å²) in [5, 5.41) is 3.41. The Kier molecular flexibility index (Phi) is 6.30. The first-order chi connectivity index (χ1) is 13.2. The molecule has 3 aromatic rings. The zero-order valence-corrected chi connectivity index (χ0v) is 16.2. The van der Waals surface area contributed by atoms with Crippen LogP contribution in [0.4, 0.5) is 0 Å². The Balaban J connectivity index is 1.51. The minimum absolute atomic E-state index is 0.682. The number of imidazole rings is 1. The molecule has 6 heteroatoms. The Bertz CT molecular complexity index is 852. The summed E-state index contributed by atoms with van der Waals surface area (Å²) >= 11 is 0. The van der Waals surface area contributed by atoms with Gasteiger partial charge in [-0.3, -0.25) is 4.99 Å². The van der Waals surface area contributed by atoms with Gasteiger partial charge in [-0.15, -0.1) is 0 Å². The van der Waals surface area contributed by atoms with Crippen LogP contribution >= 0.6 is 0 Å². The average Bonchev–Trinajstić information content (AvgIpc) is 3.10. The highest BCUT2D eigenvalue weighted by atomic mass is 16.5. The minimum Gasteiger partial charge on any atom is -0.494 e. The van der Waals surface area contributed by atoms with E-state index in [9.17, 15) is 0 Å². The lowest BCUT2D eigenvalue weighted by Gasteiger charge is -2.22. The number of ether oxygens (including phenoxy) is 1. The van der Waals surface area contributed by atoms with Gasteiger partial charge < -0.3 is 19.9 Å². The Labute approximate surface area is 160 Å². The molecule has 0 aliphatic rings. The van der Waals surface area contributed by atoms with Crippen LogP contribution < -0.4 is 10.1 Å². The highest BCUT2D eigenvalue weighted by Crippen LogP contribution is 2.13. The largest absolute Gasteiger partial charge is 0.494 e. The molecule has 6 nitrogen and oxygen atoms in total. The standard InChI is InChI=1S/C21H27N5O/c1-4-27-17-11-9-16(10-12-17)15-26(3)21(22-2)23-14-13-20-24-18-7-5-6-8-19(18)25-20/h5-12H,4,13-15H2,1-3H3,(H,22,23)(H,24,25). The topological polar surface area (TPSA) is 65.5 Å². The van der Waals surface area contributed by atoms with E-state index in [1.165, 1.54) is 5.56 Å². The lowest BCUT2D eigenvalue weighted by Crippen LogP contribution is -2.39. The fourth-order valence-electron chi connectivity index (χ4n) is 3.01. The predicted molar refractivity (Wildman–Crippen MR) is 110 cm³/mol. The van der Waals surface area contributed by atoms with Gasteiger partial charge in [0.1, 0.15) is 11.6 Å². The molecule has 27 heavy (non-hydrogen) atoms. The monoisotopic (exact) mass is 365 g/mol. The fraction of sp³-hybridized carbons (Fsp3) is 0.333. The second-order valence-electron chi connectivity index (χ2n) is 6.36. The van der Waals surface area contributed by atoms with E-state index in [-0.39, 0.29) is 0 Å². The van der Waals surface area contributed by atoms with E-state index in [0.29, 0.717) is 6.61 Å². The molecule has 0 saturated heterocycles. The number of aromatic amines is 1. The molecule has 0 spiro atoms. The number of hydrogen-bond donors (Lipinski definition) is 2. The molecule has 1 heterocycles. The summed E-state index contributed by atoms with van der Waals surface area (Å²) in [6, 6.07) is 16.3. The van der Waals surface area contributed by atoms with Gasteiger partial charge in [0.05, 0.1) is 17.6 Å². The van der Waals surface area contributed by atoms with E-state index < -0.39 is 0 Å². The van der Waals surface area contributed by atoms with Crippen LogP contribution in [0, 0.1) is 0 Å². The summed E-state index contributed by atoms with van der Waals surface area (Å²) < 4.78 is 5.49. The number of nitrogens with zero attached hydrogens (tertiary/aromatic N) is 3. The maximum Gasteiger partial charge on any atom is 0.193 e. The zero-order valence-electron chi connectivity index (χ0n) is 16.2. The predicted octanol–water partition coefficient (Wildman–Crippen LogP) is 3.21. The van der Waals surface area contributed by atoms with Crippen molar-refractivity contribution in [3.05, 3.63) is 59.9 Å². The highest BCUT2D eigenvalue weighted by molar-refractivity contribution is 5.79. The molecule has 1 aromatic heterocycles. The lowest BCUT2D eigenvalue weighted by atomic mass is 10.2. The SMILES string of the molecule is CCOc1ccc(CN(C)C(=NC)NCCc2nc3ccccc3[nH]2)cc1. The Hall–Kier alpha value is -3.02. The zero-order chi connectivity index (χ0) is 19.1. The van der Waals surface area contributed by atoms with Crippen LogP contribution in [0.15, 0.2) is 53.5 Å². The molecule has 3 rings (SSSR count). The molecule has 0 aliphatic heterocycles. The second-order valence-corrected chi connectivity index (χ2v) is 6.36. The average molecular weight is 365 g/mol. The summed E-state index contributed by atoms with van der Waals surface area (Å²) in [6.07, 6.45) is 0.810. The Morgan fingerprint density at radius 1 is 1.19 bits per heavy atom. The Morgan fingerprint density at radius 2 is 1.96 bits per heavy atom. The van der Waals surface area contributed by atoms with Crippen LogP contribution in [0.2, 0.25) is 0 Å². The molecule has 0 atom stereocenters. The molecule has 0 bridgehead atoms. The molecule has 2 N–H and O–H groups in total. The van der Waals surface area contributed by atoms with E-state index in [1.54, 1.807) is 7.05 Å². The summed E-state index contributed by atoms with van der Waals surface area (Å²) in [7, 11) is 3.84. The van der Waals surface area contributed by atoms with Crippen molar-refractivity contribution in [2.75, 3.05) is 27.2 Å². The van der Waals surface area contributed by atoms with Gasteiger partial charge in [0.15, 0.2) is 5.96 Å². The molecule has 0 fully saturated rings. The first-order valence-electron chi connectivity index (χ1n) is 9.26. The first kappa shape index (κ1) is 18.8. The third-order valence-electron chi connectivity index (χ3n) is 4.31. The number of H-pyrrole nitrogens is 1. The van der Waals surface area contributed by atoms with Crippen LogP contribution in [0.1, 0.15) is 18.3 Å². The van der Waals surface area contributed by atoms with Crippen molar-refractivity contribution in [1.29, 1.82) is 0 Å². The molecular formula is C21H27N5O. The first-order valence-corrected chi connectivity index (χ1v) is 9.26. The number of aliphatic imine (C=N–C) groups is 1. The van der Waals surface area contributed by atoms with E-state index in [0.717, 1.165) is 48.1 Å². The van der Waals surface area contributed by atoms with Crippen molar-refractivity contribution in [3.63, 3.8) is 0 Å². The number of benzene rings is 2. The van der Waals surface area contributed by atoms with Crippen LogP contribution in [0.25, 0.3) is 11.0 Å². The third-order valence-corrected chi connectivity index (χ3v) is 4.31. The van der Waals surface area contributed by atoms with Crippen molar-refractivity contribution in [1.82, 2.24) is 20.2 Å². The second kappa shape index (κ2) is 9.07. The molecule has 0 amide bonds. The van der Waals surface area contributed by atoms with Crippen LogP contribution in [0.5, 0.6) is 5.75 Å². The van der Waals surface area contributed by atoms with Gasteiger partial charge in [-0.05, 0) is 36.8 Å². The van der Waals surface area contributed by atoms with Crippen molar-refractivity contribution in [2.45, 2.75) is 19.9 Å². The van der Waals surface area contributed by atoms with Gasteiger partial charge in [0, 0.05) is 33.6 Å². The van der Waals surface area contributed by atoms with Gasteiger partial charge in [0.25, 0.3) is 0 Å². The van der Waals surface area contributed by atoms with Gasteiger partial charge in [0.2, 0.25) is 0 Å². The maximum atomic E-state index is 5.49. The normalized spacial score (nSPS) is 11.6. The third kappa shape index (κ3) is 5.00. The lowest BCUT2D eigenvalue weighted by molar-refractivity contribution is 0.340. The van der Waals surface area contributed by atoms with Crippen molar-refractivity contribution < 1.29 is 4.74 Å². The summed E-state index contributed by atoms with van der Waals surface area (Å²) in [4.78, 5) is 14.5. The fourth-order valence-corrected chi connectivity index (χ4v) is 3.01. The Morgan fingerprint density at radius 3 is 2.67 bits per heavy atom. The quantitative estimate of drug-likeness (QED) is 0.498. The molecule has 142 valence electrons. The number of aromatic nitrogens is 2.